The fourth-order valence-corrected chi connectivity index (χ4v) is 1.77. The van der Waals surface area contributed by atoms with E-state index in [4.69, 9.17) is 10.3 Å². The summed E-state index contributed by atoms with van der Waals surface area (Å²) >= 11 is 0. The van der Waals surface area contributed by atoms with Gasteiger partial charge >= 0.3 is 0 Å². The van der Waals surface area contributed by atoms with Crippen LogP contribution in [-0.4, -0.2) is 23.1 Å². The van der Waals surface area contributed by atoms with Crippen LogP contribution in [0.4, 0.5) is 0 Å². The van der Waals surface area contributed by atoms with Crippen LogP contribution in [0.25, 0.3) is 0 Å². The van der Waals surface area contributed by atoms with Gasteiger partial charge in [0.25, 0.3) is 0 Å². The summed E-state index contributed by atoms with van der Waals surface area (Å²) in [5.74, 6) is 0.649. The van der Waals surface area contributed by atoms with Crippen molar-refractivity contribution in [2.75, 3.05) is 6.54 Å². The molecule has 0 aromatic carbocycles. The zero-order valence-electron chi connectivity index (χ0n) is 10.7. The second kappa shape index (κ2) is 5.82. The molecule has 1 aromatic rings. The highest BCUT2D eigenvalue weighted by Gasteiger charge is 2.26. The fourth-order valence-electron chi connectivity index (χ4n) is 1.77. The monoisotopic (exact) mass is 239 g/mol. The normalized spacial score (nSPS) is 11.5. The van der Waals surface area contributed by atoms with E-state index in [0.717, 1.165) is 12.8 Å². The van der Waals surface area contributed by atoms with E-state index in [1.54, 1.807) is 13.0 Å². The molecule has 1 heterocycles. The van der Waals surface area contributed by atoms with Crippen LogP contribution in [0.15, 0.2) is 10.6 Å². The van der Waals surface area contributed by atoms with E-state index in [1.165, 1.54) is 0 Å². The first kappa shape index (κ1) is 13.7. The van der Waals surface area contributed by atoms with Crippen molar-refractivity contribution in [3.8, 4) is 0 Å². The molecule has 17 heavy (non-hydrogen) atoms. The summed E-state index contributed by atoms with van der Waals surface area (Å²) < 4.78 is 4.92. The van der Waals surface area contributed by atoms with Gasteiger partial charge in [0, 0.05) is 12.6 Å². The van der Waals surface area contributed by atoms with Gasteiger partial charge in [-0.2, -0.15) is 0 Å². The zero-order chi connectivity index (χ0) is 12.9. The molecule has 96 valence electrons. The molecule has 1 aromatic heterocycles. The molecule has 0 unspecified atom stereocenters. The first-order valence-electron chi connectivity index (χ1n) is 5.98. The Kier molecular flexibility index (Phi) is 4.69. The average molecular weight is 239 g/mol. The summed E-state index contributed by atoms with van der Waals surface area (Å²) in [4.78, 5) is 11.9. The number of aromatic nitrogens is 1. The number of amides is 1. The Hall–Kier alpha value is -1.36. The second-order valence-electron chi connectivity index (χ2n) is 4.35. The summed E-state index contributed by atoms with van der Waals surface area (Å²) in [6.45, 7) is 6.30. The van der Waals surface area contributed by atoms with Crippen molar-refractivity contribution in [3.05, 3.63) is 17.5 Å². The Labute approximate surface area is 102 Å². The molecule has 0 fully saturated rings. The topological polar surface area (TPSA) is 81.1 Å². The third-order valence-corrected chi connectivity index (χ3v) is 3.17. The largest absolute Gasteiger partial charge is 0.361 e. The maximum Gasteiger partial charge on any atom is 0.226 e. The number of carbonyl (C=O) groups is 1. The number of hydrogen-bond donors (Lipinski definition) is 2. The first-order chi connectivity index (χ1) is 8.05. The summed E-state index contributed by atoms with van der Waals surface area (Å²) in [5, 5.41) is 6.79. The summed E-state index contributed by atoms with van der Waals surface area (Å²) in [6, 6.07) is 1.77. The van der Waals surface area contributed by atoms with E-state index in [2.05, 4.69) is 10.5 Å². The molecule has 3 N–H and O–H groups in total. The predicted molar refractivity (Wildman–Crippen MR) is 65.5 cm³/mol. The van der Waals surface area contributed by atoms with Crippen LogP contribution >= 0.6 is 0 Å². The molecule has 0 radical (unpaired) electrons. The smallest absolute Gasteiger partial charge is 0.226 e. The minimum absolute atomic E-state index is 0.0625. The summed E-state index contributed by atoms with van der Waals surface area (Å²) in [5.41, 5.74) is 6.08. The van der Waals surface area contributed by atoms with Crippen molar-refractivity contribution in [2.24, 2.45) is 5.73 Å². The van der Waals surface area contributed by atoms with E-state index in [1.807, 2.05) is 13.8 Å². The highest BCUT2D eigenvalue weighted by atomic mass is 16.5. The number of aryl methyl sites for hydroxylation is 1. The van der Waals surface area contributed by atoms with Crippen molar-refractivity contribution >= 4 is 5.91 Å². The van der Waals surface area contributed by atoms with Gasteiger partial charge in [0.1, 0.15) is 5.76 Å². The van der Waals surface area contributed by atoms with Gasteiger partial charge in [-0.05, 0) is 19.8 Å². The van der Waals surface area contributed by atoms with Crippen molar-refractivity contribution in [1.82, 2.24) is 10.5 Å². The number of hydrogen-bond acceptors (Lipinski definition) is 4. The lowest BCUT2D eigenvalue weighted by atomic mass is 9.92. The predicted octanol–water partition coefficient (Wildman–Crippen LogP) is 1.16. The number of rotatable bonds is 6. The number of nitrogens with two attached hydrogens (primary N) is 1. The van der Waals surface area contributed by atoms with Gasteiger partial charge in [-0.25, -0.2) is 0 Å². The highest BCUT2D eigenvalue weighted by Crippen LogP contribution is 2.13. The van der Waals surface area contributed by atoms with Gasteiger partial charge in [-0.3, -0.25) is 4.79 Å². The molecule has 0 saturated heterocycles. The summed E-state index contributed by atoms with van der Waals surface area (Å²) in [6.07, 6.45) is 1.88. The lowest BCUT2D eigenvalue weighted by Gasteiger charge is -2.31. The number of carbonyl (C=O) groups excluding carboxylic acids is 1. The molecular weight excluding hydrogens is 218 g/mol. The minimum Gasteiger partial charge on any atom is -0.361 e. The molecular formula is C12H21N3O2. The van der Waals surface area contributed by atoms with Gasteiger partial charge < -0.3 is 15.6 Å². The van der Waals surface area contributed by atoms with Crippen molar-refractivity contribution in [3.63, 3.8) is 0 Å². The Morgan fingerprint density at radius 1 is 1.53 bits per heavy atom. The van der Waals surface area contributed by atoms with E-state index in [9.17, 15) is 4.79 Å². The molecule has 1 amide bonds. The third kappa shape index (κ3) is 3.56. The zero-order valence-corrected chi connectivity index (χ0v) is 10.7. The van der Waals surface area contributed by atoms with Crippen LogP contribution in [0.1, 0.15) is 38.1 Å². The molecule has 0 aliphatic rings. The number of nitrogens with zero attached hydrogens (tertiary/aromatic N) is 1. The van der Waals surface area contributed by atoms with Crippen LogP contribution in [0.2, 0.25) is 0 Å². The fraction of sp³-hybridized carbons (Fsp3) is 0.667. The van der Waals surface area contributed by atoms with Gasteiger partial charge in [0.05, 0.1) is 17.7 Å². The van der Waals surface area contributed by atoms with E-state index in [0.29, 0.717) is 18.0 Å². The van der Waals surface area contributed by atoms with Crippen LogP contribution in [-0.2, 0) is 11.2 Å². The van der Waals surface area contributed by atoms with Crippen molar-refractivity contribution < 1.29 is 9.32 Å². The quantitative estimate of drug-likeness (QED) is 0.780. The lowest BCUT2D eigenvalue weighted by molar-refractivity contribution is -0.122. The van der Waals surface area contributed by atoms with E-state index in [-0.39, 0.29) is 17.9 Å². The van der Waals surface area contributed by atoms with Crippen molar-refractivity contribution in [1.29, 1.82) is 0 Å². The maximum atomic E-state index is 11.9. The van der Waals surface area contributed by atoms with Gasteiger partial charge in [-0.1, -0.05) is 19.0 Å². The molecule has 0 spiro atoms. The van der Waals surface area contributed by atoms with Gasteiger partial charge in [-0.15, -0.1) is 0 Å². The molecule has 0 saturated carbocycles. The number of nitrogens with one attached hydrogen (secondary N) is 1. The Morgan fingerprint density at radius 3 is 2.59 bits per heavy atom. The molecule has 0 aliphatic carbocycles. The van der Waals surface area contributed by atoms with Crippen LogP contribution in [0.5, 0.6) is 0 Å². The van der Waals surface area contributed by atoms with Crippen LogP contribution in [0, 0.1) is 6.92 Å². The molecule has 0 aliphatic heterocycles. The summed E-state index contributed by atoms with van der Waals surface area (Å²) in [7, 11) is 0. The average Bonchev–Trinajstić information content (AvgIpc) is 2.72. The lowest BCUT2D eigenvalue weighted by Crippen LogP contribution is -2.53. The third-order valence-electron chi connectivity index (χ3n) is 3.17. The molecule has 5 nitrogen and oxygen atoms in total. The molecule has 1 rings (SSSR count). The van der Waals surface area contributed by atoms with E-state index < -0.39 is 0 Å². The standard InChI is InChI=1S/C12H21N3O2/c1-4-12(5-2,8-13)14-11(16)7-10-6-9(3)17-15-10/h6H,4-5,7-8,13H2,1-3H3,(H,14,16). The van der Waals surface area contributed by atoms with Gasteiger partial charge in [0.15, 0.2) is 0 Å². The Bertz CT molecular complexity index is 361. The van der Waals surface area contributed by atoms with Crippen LogP contribution < -0.4 is 11.1 Å². The first-order valence-corrected chi connectivity index (χ1v) is 5.98. The van der Waals surface area contributed by atoms with Crippen molar-refractivity contribution in [2.45, 2.75) is 45.6 Å². The molecule has 5 heteroatoms. The molecule has 0 bridgehead atoms. The minimum atomic E-state index is -0.296. The Balaban J connectivity index is 2.59. The second-order valence-corrected chi connectivity index (χ2v) is 4.35. The van der Waals surface area contributed by atoms with Crippen LogP contribution in [0.3, 0.4) is 0 Å². The highest BCUT2D eigenvalue weighted by molar-refractivity contribution is 5.78. The molecule has 0 atom stereocenters. The maximum absolute atomic E-state index is 11.9. The Morgan fingerprint density at radius 2 is 2.18 bits per heavy atom. The van der Waals surface area contributed by atoms with E-state index >= 15 is 0 Å². The SMILES string of the molecule is CCC(CC)(CN)NC(=O)Cc1cc(C)on1. The van der Waals surface area contributed by atoms with Gasteiger partial charge in [0.2, 0.25) is 5.91 Å².